The molecule has 7 nitrogen and oxygen atoms in total. The molecule has 8 heteroatoms. The number of likely N-dealkylation sites (N-methyl/N-ethyl adjacent to an activating group) is 1. The van der Waals surface area contributed by atoms with E-state index in [9.17, 15) is 14.9 Å². The van der Waals surface area contributed by atoms with Crippen molar-refractivity contribution < 1.29 is 14.5 Å². The zero-order chi connectivity index (χ0) is 20.3. The monoisotopic (exact) mass is 397 g/mol. The topological polar surface area (TPSA) is 85.0 Å². The minimum Gasteiger partial charge on any atom is -0.497 e. The summed E-state index contributed by atoms with van der Waals surface area (Å²) < 4.78 is 5.14. The summed E-state index contributed by atoms with van der Waals surface area (Å²) in [6, 6.07) is 12.2. The number of carbonyl (C=O) groups excluding carboxylic acids is 1. The number of hydrogen-bond donors (Lipinski definition) is 0. The second-order valence-corrected chi connectivity index (χ2v) is 7.06. The molecule has 1 aliphatic rings. The highest BCUT2D eigenvalue weighted by Gasteiger charge is 2.32. The third-order valence-corrected chi connectivity index (χ3v) is 5.24. The molecule has 0 spiro atoms. The average Bonchev–Trinajstić information content (AvgIpc) is 2.97. The predicted octanol–water partition coefficient (Wildman–Crippen LogP) is 4.54. The number of benzene rings is 2. The molecule has 0 bridgehead atoms. The molecule has 0 radical (unpaired) electrons. The fourth-order valence-electron chi connectivity index (χ4n) is 2.70. The van der Waals surface area contributed by atoms with Gasteiger partial charge in [0.1, 0.15) is 5.75 Å². The number of nitrogens with zero attached hydrogens (tertiary/aromatic N) is 3. The van der Waals surface area contributed by atoms with Crippen molar-refractivity contribution in [1.82, 2.24) is 4.90 Å². The van der Waals surface area contributed by atoms with Crippen LogP contribution >= 0.6 is 11.8 Å². The maximum absolute atomic E-state index is 12.7. The molecule has 2 aromatic carbocycles. The van der Waals surface area contributed by atoms with Gasteiger partial charge < -0.3 is 4.74 Å². The molecule has 0 N–H and O–H groups in total. The van der Waals surface area contributed by atoms with Crippen molar-refractivity contribution in [1.29, 1.82) is 0 Å². The van der Waals surface area contributed by atoms with Crippen molar-refractivity contribution >= 4 is 40.3 Å². The fourth-order valence-corrected chi connectivity index (χ4v) is 3.76. The minimum atomic E-state index is -0.421. The second-order valence-electron chi connectivity index (χ2n) is 6.06. The Labute approximate surface area is 166 Å². The zero-order valence-electron chi connectivity index (χ0n) is 15.7. The van der Waals surface area contributed by atoms with E-state index in [4.69, 9.17) is 4.74 Å². The van der Waals surface area contributed by atoms with Gasteiger partial charge in [0.15, 0.2) is 5.17 Å². The van der Waals surface area contributed by atoms with Crippen LogP contribution < -0.4 is 4.74 Å². The summed E-state index contributed by atoms with van der Waals surface area (Å²) in [7, 11) is 1.59. The van der Waals surface area contributed by atoms with E-state index in [2.05, 4.69) is 4.99 Å². The Morgan fingerprint density at radius 2 is 1.96 bits per heavy atom. The van der Waals surface area contributed by atoms with E-state index in [1.165, 1.54) is 17.8 Å². The third-order valence-electron chi connectivity index (χ3n) is 4.23. The number of nitro benzene ring substituents is 1. The lowest BCUT2D eigenvalue weighted by molar-refractivity contribution is -0.385. The van der Waals surface area contributed by atoms with Crippen LogP contribution in [0.1, 0.15) is 18.1 Å². The van der Waals surface area contributed by atoms with E-state index in [-0.39, 0.29) is 11.6 Å². The molecular formula is C20H19N3O4S. The fraction of sp³-hybridized carbons (Fsp3) is 0.200. The Kier molecular flexibility index (Phi) is 5.79. The predicted molar refractivity (Wildman–Crippen MR) is 111 cm³/mol. The van der Waals surface area contributed by atoms with E-state index in [0.717, 1.165) is 5.75 Å². The number of aryl methyl sites for hydroxylation is 1. The molecule has 0 aliphatic carbocycles. The number of ether oxygens (including phenoxy) is 1. The maximum Gasteiger partial charge on any atom is 0.272 e. The Morgan fingerprint density at radius 1 is 1.25 bits per heavy atom. The van der Waals surface area contributed by atoms with Crippen molar-refractivity contribution in [2.45, 2.75) is 13.8 Å². The minimum absolute atomic E-state index is 0.0317. The van der Waals surface area contributed by atoms with E-state index < -0.39 is 4.92 Å². The molecule has 1 aliphatic heterocycles. The summed E-state index contributed by atoms with van der Waals surface area (Å²) in [6.07, 6.45) is 1.67. The van der Waals surface area contributed by atoms with Crippen LogP contribution in [0.3, 0.4) is 0 Å². The molecule has 144 valence electrons. The molecule has 0 saturated carbocycles. The van der Waals surface area contributed by atoms with Crippen LogP contribution in [0.15, 0.2) is 52.4 Å². The Hall–Kier alpha value is -3.13. The molecule has 1 heterocycles. The summed E-state index contributed by atoms with van der Waals surface area (Å²) in [6.45, 7) is 4.04. The molecule has 0 atom stereocenters. The SMILES string of the molecule is CCN1C(=O)/C(=C\c2ccc(C)c([N+](=O)[O-])c2)SC1=Nc1ccc(OC)cc1. The van der Waals surface area contributed by atoms with E-state index in [1.807, 2.05) is 19.1 Å². The lowest BCUT2D eigenvalue weighted by atomic mass is 10.1. The van der Waals surface area contributed by atoms with Crippen molar-refractivity contribution in [3.8, 4) is 5.75 Å². The van der Waals surface area contributed by atoms with E-state index >= 15 is 0 Å². The van der Waals surface area contributed by atoms with Crippen molar-refractivity contribution in [3.63, 3.8) is 0 Å². The van der Waals surface area contributed by atoms with Gasteiger partial charge >= 0.3 is 0 Å². The van der Waals surface area contributed by atoms with Gasteiger partial charge in [0, 0.05) is 18.2 Å². The van der Waals surface area contributed by atoms with Crippen LogP contribution in [-0.2, 0) is 4.79 Å². The van der Waals surface area contributed by atoms with Crippen molar-refractivity contribution in [2.75, 3.05) is 13.7 Å². The van der Waals surface area contributed by atoms with Crippen LogP contribution in [0.5, 0.6) is 5.75 Å². The van der Waals surface area contributed by atoms with Gasteiger partial charge in [-0.2, -0.15) is 0 Å². The van der Waals surface area contributed by atoms with Gasteiger partial charge in [0.2, 0.25) is 0 Å². The number of hydrogen-bond acceptors (Lipinski definition) is 6. The number of nitro groups is 1. The number of rotatable bonds is 5. The maximum atomic E-state index is 12.7. The number of methoxy groups -OCH3 is 1. The largest absolute Gasteiger partial charge is 0.497 e. The van der Waals surface area contributed by atoms with Crippen LogP contribution in [0.2, 0.25) is 0 Å². The second kappa shape index (κ2) is 8.26. The third kappa shape index (κ3) is 4.07. The molecule has 0 unspecified atom stereocenters. The number of amidine groups is 1. The molecular weight excluding hydrogens is 378 g/mol. The van der Waals surface area contributed by atoms with Gasteiger partial charge in [-0.05, 0) is 61.5 Å². The summed E-state index contributed by atoms with van der Waals surface area (Å²) in [5.41, 5.74) is 1.93. The summed E-state index contributed by atoms with van der Waals surface area (Å²) in [5, 5.41) is 11.7. The highest BCUT2D eigenvalue weighted by atomic mass is 32.2. The zero-order valence-corrected chi connectivity index (χ0v) is 16.5. The molecule has 1 amide bonds. The standard InChI is InChI=1S/C20H19N3O4S/c1-4-22-19(24)18(12-14-6-5-13(2)17(11-14)23(25)26)28-20(22)21-15-7-9-16(27-3)10-8-15/h5-12H,4H2,1-3H3/b18-12+,21-20?. The van der Waals surface area contributed by atoms with E-state index in [0.29, 0.717) is 33.4 Å². The van der Waals surface area contributed by atoms with Crippen molar-refractivity contribution in [2.24, 2.45) is 4.99 Å². The molecule has 28 heavy (non-hydrogen) atoms. The quantitative estimate of drug-likeness (QED) is 0.420. The highest BCUT2D eigenvalue weighted by Crippen LogP contribution is 2.34. The van der Waals surface area contributed by atoms with Gasteiger partial charge in [-0.25, -0.2) is 4.99 Å². The molecule has 3 rings (SSSR count). The van der Waals surface area contributed by atoms with Crippen LogP contribution in [0.4, 0.5) is 11.4 Å². The first-order valence-corrected chi connectivity index (χ1v) is 9.43. The normalized spacial score (nSPS) is 16.8. The highest BCUT2D eigenvalue weighted by molar-refractivity contribution is 8.18. The van der Waals surface area contributed by atoms with E-state index in [1.54, 1.807) is 49.3 Å². The molecule has 0 aromatic heterocycles. The number of amides is 1. The van der Waals surface area contributed by atoms with Gasteiger partial charge in [0.05, 0.1) is 22.6 Å². The first-order chi connectivity index (χ1) is 13.4. The molecule has 1 fully saturated rings. The van der Waals surface area contributed by atoms with Gasteiger partial charge in [-0.15, -0.1) is 0 Å². The first kappa shape index (κ1) is 19.6. The average molecular weight is 397 g/mol. The van der Waals surface area contributed by atoms with Crippen molar-refractivity contribution in [3.05, 3.63) is 68.6 Å². The Balaban J connectivity index is 1.92. The summed E-state index contributed by atoms with van der Waals surface area (Å²) in [5.74, 6) is 0.566. The number of thioether (sulfide) groups is 1. The Morgan fingerprint density at radius 3 is 2.57 bits per heavy atom. The van der Waals surface area contributed by atoms with Crippen LogP contribution in [-0.4, -0.2) is 34.6 Å². The van der Waals surface area contributed by atoms with Gasteiger partial charge in [-0.3, -0.25) is 19.8 Å². The van der Waals surface area contributed by atoms with Crippen LogP contribution in [0, 0.1) is 17.0 Å². The lowest BCUT2D eigenvalue weighted by Crippen LogP contribution is -2.28. The summed E-state index contributed by atoms with van der Waals surface area (Å²) in [4.78, 5) is 30.1. The number of aliphatic imine (C=N–C) groups is 1. The summed E-state index contributed by atoms with van der Waals surface area (Å²) >= 11 is 1.26. The Bertz CT molecular complexity index is 983. The lowest BCUT2D eigenvalue weighted by Gasteiger charge is -2.12. The number of carbonyl (C=O) groups is 1. The first-order valence-electron chi connectivity index (χ1n) is 8.62. The molecule has 1 saturated heterocycles. The van der Waals surface area contributed by atoms with Gasteiger partial charge in [0.25, 0.3) is 11.6 Å². The van der Waals surface area contributed by atoms with Crippen LogP contribution in [0.25, 0.3) is 6.08 Å². The smallest absolute Gasteiger partial charge is 0.272 e. The van der Waals surface area contributed by atoms with Gasteiger partial charge in [-0.1, -0.05) is 12.1 Å². The molecule has 2 aromatic rings.